The Bertz CT molecular complexity index is 588. The van der Waals surface area contributed by atoms with E-state index < -0.39 is 0 Å². The van der Waals surface area contributed by atoms with E-state index in [0.717, 1.165) is 23.3 Å². The van der Waals surface area contributed by atoms with Crippen LogP contribution in [0.15, 0.2) is 30.3 Å². The Hall–Kier alpha value is -1.90. The maximum absolute atomic E-state index is 4.55. The molecule has 0 spiro atoms. The number of nitrogens with one attached hydrogen (secondary N) is 1. The molecule has 0 aliphatic heterocycles. The Morgan fingerprint density at radius 1 is 1.16 bits per heavy atom. The molecule has 2 aromatic rings. The van der Waals surface area contributed by atoms with Crippen LogP contribution in [0.4, 0.5) is 5.82 Å². The van der Waals surface area contributed by atoms with Crippen molar-refractivity contribution in [2.75, 3.05) is 12.4 Å². The van der Waals surface area contributed by atoms with E-state index >= 15 is 0 Å². The lowest BCUT2D eigenvalue weighted by molar-refractivity contribution is 0.420. The summed E-state index contributed by atoms with van der Waals surface area (Å²) in [6, 6.07) is 10.8. The van der Waals surface area contributed by atoms with Gasteiger partial charge in [-0.15, -0.1) is 0 Å². The van der Waals surface area contributed by atoms with Gasteiger partial charge in [-0.2, -0.15) is 0 Å². The number of aryl methyl sites for hydroxylation is 1. The zero-order chi connectivity index (χ0) is 13.2. The van der Waals surface area contributed by atoms with Gasteiger partial charge in [0.1, 0.15) is 11.6 Å². The van der Waals surface area contributed by atoms with Crippen molar-refractivity contribution in [1.29, 1.82) is 0 Å². The van der Waals surface area contributed by atoms with E-state index in [-0.39, 0.29) is 0 Å². The van der Waals surface area contributed by atoms with Gasteiger partial charge in [0.05, 0.1) is 5.69 Å². The number of rotatable bonds is 3. The molecule has 0 bridgehead atoms. The van der Waals surface area contributed by atoms with Crippen LogP contribution < -0.4 is 5.32 Å². The maximum atomic E-state index is 4.55. The van der Waals surface area contributed by atoms with Gasteiger partial charge in [0.25, 0.3) is 0 Å². The van der Waals surface area contributed by atoms with Gasteiger partial charge < -0.3 is 5.32 Å². The molecule has 98 valence electrons. The van der Waals surface area contributed by atoms with Crippen LogP contribution in [0.5, 0.6) is 0 Å². The number of hydrogen-bond donors (Lipinski definition) is 1. The van der Waals surface area contributed by atoms with E-state index in [0.29, 0.717) is 0 Å². The summed E-state index contributed by atoms with van der Waals surface area (Å²) in [6.07, 6.45) is 4.02. The van der Waals surface area contributed by atoms with Gasteiger partial charge in [0.2, 0.25) is 0 Å². The third-order valence-electron chi connectivity index (χ3n) is 3.85. The van der Waals surface area contributed by atoms with Gasteiger partial charge in [-0.1, -0.05) is 24.6 Å². The van der Waals surface area contributed by atoms with Gasteiger partial charge in [0.15, 0.2) is 0 Å². The fourth-order valence-electron chi connectivity index (χ4n) is 2.54. The molecule has 3 heteroatoms. The summed E-state index contributed by atoms with van der Waals surface area (Å²) >= 11 is 0. The van der Waals surface area contributed by atoms with Crippen LogP contribution in [0.3, 0.4) is 0 Å². The monoisotopic (exact) mass is 253 g/mol. The second-order valence-corrected chi connectivity index (χ2v) is 5.19. The molecule has 1 aromatic carbocycles. The molecule has 0 saturated heterocycles. The second-order valence-electron chi connectivity index (χ2n) is 5.19. The van der Waals surface area contributed by atoms with Gasteiger partial charge in [-0.3, -0.25) is 0 Å². The van der Waals surface area contributed by atoms with Crippen molar-refractivity contribution < 1.29 is 0 Å². The number of nitrogens with zero attached hydrogens (tertiary/aromatic N) is 2. The van der Waals surface area contributed by atoms with Gasteiger partial charge in [-0.05, 0) is 37.3 Å². The molecule has 1 saturated carbocycles. The molecule has 0 atom stereocenters. The van der Waals surface area contributed by atoms with Crippen molar-refractivity contribution in [1.82, 2.24) is 9.97 Å². The summed E-state index contributed by atoms with van der Waals surface area (Å²) in [5.74, 6) is 2.43. The van der Waals surface area contributed by atoms with Crippen molar-refractivity contribution in [2.45, 2.75) is 32.1 Å². The first-order valence-electron chi connectivity index (χ1n) is 6.90. The van der Waals surface area contributed by atoms with Crippen LogP contribution in [0.1, 0.15) is 36.6 Å². The van der Waals surface area contributed by atoms with Crippen molar-refractivity contribution in [3.63, 3.8) is 0 Å². The first kappa shape index (κ1) is 12.2. The van der Waals surface area contributed by atoms with Crippen molar-refractivity contribution in [2.24, 2.45) is 0 Å². The van der Waals surface area contributed by atoms with E-state index in [2.05, 4.69) is 39.6 Å². The molecule has 1 fully saturated rings. The molecule has 19 heavy (non-hydrogen) atoms. The van der Waals surface area contributed by atoms with Crippen LogP contribution in [0, 0.1) is 6.92 Å². The van der Waals surface area contributed by atoms with Gasteiger partial charge in [0, 0.05) is 18.7 Å². The van der Waals surface area contributed by atoms with E-state index in [1.54, 1.807) is 0 Å². The molecule has 1 heterocycles. The summed E-state index contributed by atoms with van der Waals surface area (Å²) in [4.78, 5) is 8.89. The predicted molar refractivity (Wildman–Crippen MR) is 78.3 cm³/mol. The number of hydrogen-bond acceptors (Lipinski definition) is 3. The Balaban J connectivity index is 1.98. The molecule has 3 rings (SSSR count). The minimum Gasteiger partial charge on any atom is -0.373 e. The Labute approximate surface area is 114 Å². The largest absolute Gasteiger partial charge is 0.373 e. The highest BCUT2D eigenvalue weighted by Gasteiger charge is 2.19. The quantitative estimate of drug-likeness (QED) is 0.905. The van der Waals surface area contributed by atoms with Gasteiger partial charge >= 0.3 is 0 Å². The molecule has 1 aromatic heterocycles. The first-order chi connectivity index (χ1) is 9.26. The summed E-state index contributed by atoms with van der Waals surface area (Å²) in [5, 5.41) is 3.09. The van der Waals surface area contributed by atoms with Crippen LogP contribution in [0.2, 0.25) is 0 Å². The van der Waals surface area contributed by atoms with Crippen molar-refractivity contribution >= 4 is 5.82 Å². The average molecular weight is 253 g/mol. The SMILES string of the molecule is CNc1cc(-c2cccc(C3CCC3)c2)nc(C)n1. The molecule has 0 unspecified atom stereocenters. The zero-order valence-corrected chi connectivity index (χ0v) is 11.5. The predicted octanol–water partition coefficient (Wildman–Crippen LogP) is 3.76. The minimum absolute atomic E-state index is 0.756. The first-order valence-corrected chi connectivity index (χ1v) is 6.90. The van der Waals surface area contributed by atoms with Gasteiger partial charge in [-0.25, -0.2) is 9.97 Å². The lowest BCUT2D eigenvalue weighted by Crippen LogP contribution is -2.08. The highest BCUT2D eigenvalue weighted by molar-refractivity contribution is 5.63. The molecule has 1 N–H and O–H groups in total. The topological polar surface area (TPSA) is 37.8 Å². The van der Waals surface area contributed by atoms with E-state index in [4.69, 9.17) is 0 Å². The average Bonchev–Trinajstić information content (AvgIpc) is 2.36. The third-order valence-corrected chi connectivity index (χ3v) is 3.85. The smallest absolute Gasteiger partial charge is 0.130 e. The number of benzene rings is 1. The minimum atomic E-state index is 0.756. The maximum Gasteiger partial charge on any atom is 0.130 e. The highest BCUT2D eigenvalue weighted by Crippen LogP contribution is 2.37. The van der Waals surface area contributed by atoms with Crippen molar-refractivity contribution in [3.8, 4) is 11.3 Å². The zero-order valence-electron chi connectivity index (χ0n) is 11.5. The fraction of sp³-hybridized carbons (Fsp3) is 0.375. The third kappa shape index (κ3) is 2.46. The normalized spacial score (nSPS) is 15.1. The molecule has 1 aliphatic rings. The lowest BCUT2D eigenvalue weighted by atomic mass is 9.79. The molecular weight excluding hydrogens is 234 g/mol. The second kappa shape index (κ2) is 5.00. The summed E-state index contributed by atoms with van der Waals surface area (Å²) in [5.41, 5.74) is 3.63. The van der Waals surface area contributed by atoms with Crippen LogP contribution in [0.25, 0.3) is 11.3 Å². The Morgan fingerprint density at radius 3 is 2.68 bits per heavy atom. The lowest BCUT2D eigenvalue weighted by Gasteiger charge is -2.26. The number of aromatic nitrogens is 2. The highest BCUT2D eigenvalue weighted by atomic mass is 15.0. The van der Waals surface area contributed by atoms with E-state index in [1.807, 2.05) is 20.0 Å². The molecule has 1 aliphatic carbocycles. The molecule has 3 nitrogen and oxygen atoms in total. The Kier molecular flexibility index (Phi) is 3.20. The standard InChI is InChI=1S/C16H19N3/c1-11-18-15(10-16(17-2)19-11)14-8-4-7-13(9-14)12-5-3-6-12/h4,7-10,12H,3,5-6H2,1-2H3,(H,17,18,19). The van der Waals surface area contributed by atoms with Crippen LogP contribution in [-0.4, -0.2) is 17.0 Å². The molecule has 0 radical (unpaired) electrons. The fourth-order valence-corrected chi connectivity index (χ4v) is 2.54. The number of anilines is 1. The summed E-state index contributed by atoms with van der Waals surface area (Å²) < 4.78 is 0. The van der Waals surface area contributed by atoms with E-state index in [9.17, 15) is 0 Å². The van der Waals surface area contributed by atoms with Crippen LogP contribution in [-0.2, 0) is 0 Å². The molecule has 0 amide bonds. The summed E-state index contributed by atoms with van der Waals surface area (Å²) in [6.45, 7) is 1.93. The van der Waals surface area contributed by atoms with Crippen LogP contribution >= 0.6 is 0 Å². The summed E-state index contributed by atoms with van der Waals surface area (Å²) in [7, 11) is 1.89. The molecular formula is C16H19N3. The van der Waals surface area contributed by atoms with Crippen molar-refractivity contribution in [3.05, 3.63) is 41.7 Å². The Morgan fingerprint density at radius 2 is 2.00 bits per heavy atom. The van der Waals surface area contributed by atoms with E-state index in [1.165, 1.54) is 30.4 Å².